The van der Waals surface area contributed by atoms with Crippen molar-refractivity contribution in [3.05, 3.63) is 55.7 Å². The fraction of sp³-hybridized carbons (Fsp3) is 0.353. The number of ether oxygens (including phenoxy) is 1. The van der Waals surface area contributed by atoms with Crippen LogP contribution in [-0.2, 0) is 9.53 Å². The second-order valence-electron chi connectivity index (χ2n) is 5.67. The average molecular weight is 369 g/mol. The van der Waals surface area contributed by atoms with E-state index in [0.29, 0.717) is 22.1 Å². The molecule has 0 unspecified atom stereocenters. The highest BCUT2D eigenvalue weighted by molar-refractivity contribution is 6.31. The minimum Gasteiger partial charge on any atom is -0.469 e. The van der Waals surface area contributed by atoms with Gasteiger partial charge in [0.15, 0.2) is 0 Å². The van der Waals surface area contributed by atoms with Crippen LogP contribution in [0, 0.1) is 13.8 Å². The van der Waals surface area contributed by atoms with Gasteiger partial charge < -0.3 is 4.74 Å². The number of halogens is 2. The van der Waals surface area contributed by atoms with Crippen molar-refractivity contribution in [2.45, 2.75) is 33.1 Å². The smallest absolute Gasteiger partial charge is 0.306 e. The van der Waals surface area contributed by atoms with Gasteiger partial charge in [0.25, 0.3) is 5.56 Å². The molecule has 0 aliphatic heterocycles. The second-order valence-corrected chi connectivity index (χ2v) is 6.44. The minimum absolute atomic E-state index is 0.0873. The Labute approximate surface area is 150 Å². The van der Waals surface area contributed by atoms with Gasteiger partial charge in [-0.1, -0.05) is 30.1 Å². The van der Waals surface area contributed by atoms with E-state index in [9.17, 15) is 9.59 Å². The molecule has 7 heteroatoms. The van der Waals surface area contributed by atoms with E-state index in [1.54, 1.807) is 19.2 Å². The molecule has 128 valence electrons. The van der Waals surface area contributed by atoms with E-state index in [0.717, 1.165) is 5.56 Å². The van der Waals surface area contributed by atoms with E-state index in [2.05, 4.69) is 9.72 Å². The summed E-state index contributed by atoms with van der Waals surface area (Å²) in [7, 11) is 1.33. The highest BCUT2D eigenvalue weighted by Gasteiger charge is 2.20. The van der Waals surface area contributed by atoms with Crippen LogP contribution >= 0.6 is 23.2 Å². The molecule has 2 aromatic rings. The number of carbonyl (C=O) groups excluding carboxylic acids is 1. The molecule has 2 heterocycles. The number of pyridine rings is 2. The Morgan fingerprint density at radius 1 is 1.33 bits per heavy atom. The first kappa shape index (κ1) is 18.5. The molecular weight excluding hydrogens is 351 g/mol. The molecular formula is C17H18Cl2N2O3. The van der Waals surface area contributed by atoms with Crippen molar-refractivity contribution in [2.75, 3.05) is 7.11 Å². The summed E-state index contributed by atoms with van der Waals surface area (Å²) in [5.74, 6) is -0.578. The van der Waals surface area contributed by atoms with Crippen LogP contribution in [0.3, 0.4) is 0 Å². The predicted octanol–water partition coefficient (Wildman–Crippen LogP) is 3.82. The molecule has 2 aromatic heterocycles. The lowest BCUT2D eigenvalue weighted by molar-refractivity contribution is -0.140. The number of esters is 1. The molecule has 1 atom stereocenters. The van der Waals surface area contributed by atoms with E-state index < -0.39 is 0 Å². The standard InChI is InChI=1S/C17H18Cl2N2O3/c1-9(5-15(22)24-4)12-6-11(3)21(17(23)16(12)19)13-7-14(18)20-8-10(13)2/h6-9H,5H2,1-4H3/t9-/m1/s1. The van der Waals surface area contributed by atoms with Crippen molar-refractivity contribution in [3.63, 3.8) is 0 Å². The Morgan fingerprint density at radius 3 is 2.62 bits per heavy atom. The first-order chi connectivity index (χ1) is 11.3. The first-order valence-electron chi connectivity index (χ1n) is 7.37. The summed E-state index contributed by atoms with van der Waals surface area (Å²) in [6.45, 7) is 5.47. The molecule has 24 heavy (non-hydrogen) atoms. The van der Waals surface area contributed by atoms with Crippen LogP contribution in [0.5, 0.6) is 0 Å². The van der Waals surface area contributed by atoms with Crippen LogP contribution < -0.4 is 5.56 Å². The van der Waals surface area contributed by atoms with Crippen LogP contribution in [0.2, 0.25) is 10.2 Å². The maximum Gasteiger partial charge on any atom is 0.306 e. The lowest BCUT2D eigenvalue weighted by atomic mass is 9.97. The number of aromatic nitrogens is 2. The summed E-state index contributed by atoms with van der Waals surface area (Å²) in [6.07, 6.45) is 1.75. The molecule has 0 saturated carbocycles. The highest BCUT2D eigenvalue weighted by Crippen LogP contribution is 2.27. The SMILES string of the molecule is COC(=O)C[C@@H](C)c1cc(C)n(-c2cc(Cl)ncc2C)c(=O)c1Cl. The summed E-state index contributed by atoms with van der Waals surface area (Å²) in [4.78, 5) is 28.3. The monoisotopic (exact) mass is 368 g/mol. The number of rotatable bonds is 4. The van der Waals surface area contributed by atoms with Crippen molar-refractivity contribution in [2.24, 2.45) is 0 Å². The van der Waals surface area contributed by atoms with Gasteiger partial charge in [-0.15, -0.1) is 0 Å². The van der Waals surface area contributed by atoms with Crippen molar-refractivity contribution in [1.82, 2.24) is 9.55 Å². The second kappa shape index (κ2) is 7.36. The van der Waals surface area contributed by atoms with Gasteiger partial charge in [0.2, 0.25) is 0 Å². The number of methoxy groups -OCH3 is 1. The summed E-state index contributed by atoms with van der Waals surface area (Å²) >= 11 is 12.3. The third-order valence-corrected chi connectivity index (χ3v) is 4.46. The Kier molecular flexibility index (Phi) is 5.67. The fourth-order valence-corrected chi connectivity index (χ4v) is 3.04. The third-order valence-electron chi connectivity index (χ3n) is 3.88. The van der Waals surface area contributed by atoms with Crippen molar-refractivity contribution >= 4 is 29.2 Å². The summed E-state index contributed by atoms with van der Waals surface area (Å²) in [5, 5.41) is 0.380. The molecule has 0 saturated heterocycles. The third kappa shape index (κ3) is 3.62. The van der Waals surface area contributed by atoms with Crippen LogP contribution in [0.4, 0.5) is 0 Å². The van der Waals surface area contributed by atoms with E-state index in [1.807, 2.05) is 19.9 Å². The van der Waals surface area contributed by atoms with Gasteiger partial charge >= 0.3 is 5.97 Å². The minimum atomic E-state index is -0.353. The van der Waals surface area contributed by atoms with Gasteiger partial charge in [-0.05, 0) is 43.0 Å². The zero-order chi connectivity index (χ0) is 18.0. The fourth-order valence-electron chi connectivity index (χ4n) is 2.57. The van der Waals surface area contributed by atoms with Gasteiger partial charge in [0.1, 0.15) is 10.2 Å². The maximum atomic E-state index is 12.8. The van der Waals surface area contributed by atoms with E-state index in [-0.39, 0.29) is 28.9 Å². The maximum absolute atomic E-state index is 12.8. The van der Waals surface area contributed by atoms with E-state index in [4.69, 9.17) is 23.2 Å². The quantitative estimate of drug-likeness (QED) is 0.607. The van der Waals surface area contributed by atoms with Crippen molar-refractivity contribution < 1.29 is 9.53 Å². The van der Waals surface area contributed by atoms with Gasteiger partial charge in [-0.2, -0.15) is 0 Å². The Hall–Kier alpha value is -1.85. The normalized spacial score (nSPS) is 12.1. The lowest BCUT2D eigenvalue weighted by Gasteiger charge is -2.18. The summed E-state index contributed by atoms with van der Waals surface area (Å²) in [6, 6.07) is 3.43. The molecule has 0 spiro atoms. The van der Waals surface area contributed by atoms with Crippen LogP contribution in [0.25, 0.3) is 5.69 Å². The zero-order valence-electron chi connectivity index (χ0n) is 13.9. The molecule has 0 N–H and O–H groups in total. The Morgan fingerprint density at radius 2 is 2.00 bits per heavy atom. The average Bonchev–Trinajstić information content (AvgIpc) is 2.53. The van der Waals surface area contributed by atoms with Gasteiger partial charge in [-0.3, -0.25) is 14.2 Å². The molecule has 0 amide bonds. The lowest BCUT2D eigenvalue weighted by Crippen LogP contribution is -2.24. The number of nitrogens with zero attached hydrogens (tertiary/aromatic N) is 2. The Balaban J connectivity index is 2.59. The first-order valence-corrected chi connectivity index (χ1v) is 8.13. The number of hydrogen-bond donors (Lipinski definition) is 0. The number of hydrogen-bond acceptors (Lipinski definition) is 4. The molecule has 0 aliphatic carbocycles. The topological polar surface area (TPSA) is 61.2 Å². The molecule has 2 rings (SSSR count). The molecule has 0 radical (unpaired) electrons. The predicted molar refractivity (Wildman–Crippen MR) is 94.4 cm³/mol. The Bertz CT molecular complexity index is 846. The van der Waals surface area contributed by atoms with Crippen molar-refractivity contribution in [3.8, 4) is 5.69 Å². The number of aryl methyl sites for hydroxylation is 2. The largest absolute Gasteiger partial charge is 0.469 e. The molecule has 0 aliphatic rings. The highest BCUT2D eigenvalue weighted by atomic mass is 35.5. The van der Waals surface area contributed by atoms with Crippen LogP contribution in [0.1, 0.15) is 36.1 Å². The molecule has 5 nitrogen and oxygen atoms in total. The van der Waals surface area contributed by atoms with Crippen LogP contribution in [-0.4, -0.2) is 22.6 Å². The molecule has 0 fully saturated rings. The van der Waals surface area contributed by atoms with Gasteiger partial charge in [0.05, 0.1) is 19.2 Å². The number of carbonyl (C=O) groups is 1. The summed E-state index contributed by atoms with van der Waals surface area (Å²) < 4.78 is 6.18. The zero-order valence-corrected chi connectivity index (χ0v) is 15.4. The summed E-state index contributed by atoms with van der Waals surface area (Å²) in [5.41, 5.74) is 2.40. The van der Waals surface area contributed by atoms with Gasteiger partial charge in [0, 0.05) is 11.9 Å². The molecule has 0 bridgehead atoms. The van der Waals surface area contributed by atoms with E-state index >= 15 is 0 Å². The van der Waals surface area contributed by atoms with E-state index in [1.165, 1.54) is 11.7 Å². The van der Waals surface area contributed by atoms with Gasteiger partial charge in [-0.25, -0.2) is 4.98 Å². The molecule has 0 aromatic carbocycles. The van der Waals surface area contributed by atoms with Crippen LogP contribution in [0.15, 0.2) is 23.1 Å². The van der Waals surface area contributed by atoms with Crippen molar-refractivity contribution in [1.29, 1.82) is 0 Å².